The monoisotopic (exact) mass is 328 g/mol. The Hall–Kier alpha value is -0.120. The molecule has 1 rings (SSSR count). The summed E-state index contributed by atoms with van der Waals surface area (Å²) in [7, 11) is 0. The molecule has 3 nitrogen and oxygen atoms in total. The molecule has 23 heavy (non-hydrogen) atoms. The van der Waals surface area contributed by atoms with Gasteiger partial charge in [0.25, 0.3) is 0 Å². The maximum atomic E-state index is 10.5. The minimum Gasteiger partial charge on any atom is -0.393 e. The molecular formula is C20H40O3. The second-order valence-corrected chi connectivity index (χ2v) is 7.62. The first-order valence-corrected chi connectivity index (χ1v) is 10.2. The molecule has 1 aliphatic rings. The number of aliphatic hydroxyl groups is 3. The van der Waals surface area contributed by atoms with E-state index in [1.54, 1.807) is 0 Å². The fraction of sp³-hybridized carbons (Fsp3) is 1.00. The Labute approximate surface area is 143 Å². The first-order chi connectivity index (χ1) is 11.2. The van der Waals surface area contributed by atoms with Gasteiger partial charge in [0.15, 0.2) is 0 Å². The van der Waals surface area contributed by atoms with Crippen molar-refractivity contribution in [2.75, 3.05) is 6.61 Å². The molecule has 2 unspecified atom stereocenters. The lowest BCUT2D eigenvalue weighted by atomic mass is 9.87. The summed E-state index contributed by atoms with van der Waals surface area (Å²) in [5.41, 5.74) is -1.29. The zero-order valence-corrected chi connectivity index (χ0v) is 15.1. The molecule has 0 aliphatic heterocycles. The predicted octanol–water partition coefficient (Wildman–Crippen LogP) is 4.72. The summed E-state index contributed by atoms with van der Waals surface area (Å²) in [6, 6.07) is 0. The lowest BCUT2D eigenvalue weighted by molar-refractivity contribution is -0.114. The van der Waals surface area contributed by atoms with Gasteiger partial charge in [-0.25, -0.2) is 0 Å². The average molecular weight is 329 g/mol. The molecule has 1 fully saturated rings. The van der Waals surface area contributed by atoms with Crippen LogP contribution in [0, 0.1) is 0 Å². The first-order valence-electron chi connectivity index (χ1n) is 10.2. The fourth-order valence-electron chi connectivity index (χ4n) is 3.69. The van der Waals surface area contributed by atoms with E-state index in [-0.39, 0.29) is 6.61 Å². The topological polar surface area (TPSA) is 60.7 Å². The van der Waals surface area contributed by atoms with Crippen molar-refractivity contribution in [3.8, 4) is 0 Å². The van der Waals surface area contributed by atoms with Crippen LogP contribution in [-0.4, -0.2) is 33.6 Å². The highest BCUT2D eigenvalue weighted by molar-refractivity contribution is 4.85. The van der Waals surface area contributed by atoms with Gasteiger partial charge in [0.1, 0.15) is 5.60 Å². The number of aliphatic hydroxyl groups excluding tert-OH is 2. The van der Waals surface area contributed by atoms with Crippen LogP contribution in [0.15, 0.2) is 0 Å². The fourth-order valence-corrected chi connectivity index (χ4v) is 3.69. The Balaban J connectivity index is 2.35. The van der Waals surface area contributed by atoms with Crippen molar-refractivity contribution in [1.82, 2.24) is 0 Å². The Morgan fingerprint density at radius 1 is 0.609 bits per heavy atom. The maximum absolute atomic E-state index is 10.5. The largest absolute Gasteiger partial charge is 0.393 e. The average Bonchev–Trinajstić information content (AvgIpc) is 2.56. The highest BCUT2D eigenvalue weighted by atomic mass is 16.4. The van der Waals surface area contributed by atoms with Crippen molar-refractivity contribution < 1.29 is 15.3 Å². The van der Waals surface area contributed by atoms with E-state index < -0.39 is 11.7 Å². The minimum absolute atomic E-state index is 0.325. The van der Waals surface area contributed by atoms with Gasteiger partial charge in [-0.2, -0.15) is 0 Å². The standard InChI is InChI=1S/C20H40O3/c21-18-20(23)17-15-13-11-9-7-5-3-1-2-4-6-8-10-12-14-16-19(20)22/h19,21-23H,1-18H2. The highest BCUT2D eigenvalue weighted by Gasteiger charge is 2.33. The van der Waals surface area contributed by atoms with E-state index in [0.29, 0.717) is 12.8 Å². The lowest BCUT2D eigenvalue weighted by Gasteiger charge is -2.31. The van der Waals surface area contributed by atoms with Crippen LogP contribution >= 0.6 is 0 Å². The van der Waals surface area contributed by atoms with E-state index in [1.807, 2.05) is 0 Å². The van der Waals surface area contributed by atoms with E-state index in [1.165, 1.54) is 70.6 Å². The van der Waals surface area contributed by atoms with Gasteiger partial charge in [-0.3, -0.25) is 0 Å². The molecule has 2 atom stereocenters. The van der Waals surface area contributed by atoms with Gasteiger partial charge in [-0.05, 0) is 12.8 Å². The highest BCUT2D eigenvalue weighted by Crippen LogP contribution is 2.24. The van der Waals surface area contributed by atoms with Gasteiger partial charge in [0, 0.05) is 0 Å². The molecule has 1 saturated carbocycles. The molecule has 0 bridgehead atoms. The summed E-state index contributed by atoms with van der Waals surface area (Å²) >= 11 is 0. The van der Waals surface area contributed by atoms with Crippen molar-refractivity contribution in [3.63, 3.8) is 0 Å². The lowest BCUT2D eigenvalue weighted by Crippen LogP contribution is -2.45. The van der Waals surface area contributed by atoms with Crippen LogP contribution in [0.1, 0.15) is 109 Å². The Bertz CT molecular complexity index is 270. The van der Waals surface area contributed by atoms with Gasteiger partial charge < -0.3 is 15.3 Å². The zero-order chi connectivity index (χ0) is 16.8. The molecule has 0 aromatic carbocycles. The molecule has 0 heterocycles. The Kier molecular flexibility index (Phi) is 12.0. The summed E-state index contributed by atoms with van der Waals surface area (Å²) in [5, 5.41) is 30.2. The molecule has 0 aromatic rings. The summed E-state index contributed by atoms with van der Waals surface area (Å²) in [5.74, 6) is 0. The van der Waals surface area contributed by atoms with Crippen molar-refractivity contribution >= 4 is 0 Å². The van der Waals surface area contributed by atoms with Crippen LogP contribution in [0.4, 0.5) is 0 Å². The zero-order valence-electron chi connectivity index (χ0n) is 15.1. The van der Waals surface area contributed by atoms with Gasteiger partial charge in [-0.1, -0.05) is 96.3 Å². The van der Waals surface area contributed by atoms with E-state index in [2.05, 4.69) is 0 Å². The molecule has 0 aromatic heterocycles. The molecular weight excluding hydrogens is 288 g/mol. The second kappa shape index (κ2) is 13.2. The van der Waals surface area contributed by atoms with Crippen molar-refractivity contribution in [1.29, 1.82) is 0 Å². The second-order valence-electron chi connectivity index (χ2n) is 7.62. The number of rotatable bonds is 1. The number of hydrogen-bond donors (Lipinski definition) is 3. The summed E-state index contributed by atoms with van der Waals surface area (Å²) < 4.78 is 0. The molecule has 0 amide bonds. The van der Waals surface area contributed by atoms with Crippen molar-refractivity contribution in [3.05, 3.63) is 0 Å². The summed E-state index contributed by atoms with van der Waals surface area (Å²) in [6.45, 7) is -0.325. The third-order valence-electron chi connectivity index (χ3n) is 5.48. The van der Waals surface area contributed by atoms with E-state index in [9.17, 15) is 15.3 Å². The third-order valence-corrected chi connectivity index (χ3v) is 5.48. The van der Waals surface area contributed by atoms with Crippen LogP contribution in [0.25, 0.3) is 0 Å². The molecule has 0 saturated heterocycles. The Morgan fingerprint density at radius 2 is 0.957 bits per heavy atom. The van der Waals surface area contributed by atoms with Crippen LogP contribution in [0.3, 0.4) is 0 Å². The van der Waals surface area contributed by atoms with Crippen molar-refractivity contribution in [2.45, 2.75) is 121 Å². The van der Waals surface area contributed by atoms with Crippen LogP contribution in [0.2, 0.25) is 0 Å². The van der Waals surface area contributed by atoms with E-state index in [4.69, 9.17) is 0 Å². The van der Waals surface area contributed by atoms with Gasteiger partial charge in [0.05, 0.1) is 12.7 Å². The smallest absolute Gasteiger partial charge is 0.113 e. The van der Waals surface area contributed by atoms with E-state index in [0.717, 1.165) is 25.7 Å². The van der Waals surface area contributed by atoms with Gasteiger partial charge in [0.2, 0.25) is 0 Å². The molecule has 138 valence electrons. The molecule has 0 radical (unpaired) electrons. The Morgan fingerprint density at radius 3 is 1.35 bits per heavy atom. The number of hydrogen-bond acceptors (Lipinski definition) is 3. The summed E-state index contributed by atoms with van der Waals surface area (Å²) in [6.07, 6.45) is 19.0. The van der Waals surface area contributed by atoms with Gasteiger partial charge in [-0.15, -0.1) is 0 Å². The predicted molar refractivity (Wildman–Crippen MR) is 96.5 cm³/mol. The van der Waals surface area contributed by atoms with Crippen molar-refractivity contribution in [2.24, 2.45) is 0 Å². The molecule has 0 spiro atoms. The minimum atomic E-state index is -1.29. The quantitative estimate of drug-likeness (QED) is 0.653. The summed E-state index contributed by atoms with van der Waals surface area (Å²) in [4.78, 5) is 0. The third kappa shape index (κ3) is 9.69. The normalized spacial score (nSPS) is 31.7. The van der Waals surface area contributed by atoms with Crippen LogP contribution in [0.5, 0.6) is 0 Å². The van der Waals surface area contributed by atoms with Gasteiger partial charge >= 0.3 is 0 Å². The maximum Gasteiger partial charge on any atom is 0.113 e. The molecule has 3 heteroatoms. The SMILES string of the molecule is OCC1(O)CCCCCCCCCCCCCCCCCC1O. The molecule has 1 aliphatic carbocycles. The first kappa shape index (κ1) is 20.9. The van der Waals surface area contributed by atoms with Crippen LogP contribution < -0.4 is 0 Å². The van der Waals surface area contributed by atoms with Crippen LogP contribution in [-0.2, 0) is 0 Å². The molecule has 3 N–H and O–H groups in total. The van der Waals surface area contributed by atoms with E-state index >= 15 is 0 Å².